The summed E-state index contributed by atoms with van der Waals surface area (Å²) in [5.41, 5.74) is 2.24. The Hall–Kier alpha value is -3.58. The molecule has 2 aromatic carbocycles. The molecule has 35 heavy (non-hydrogen) atoms. The Labute approximate surface area is 208 Å². The van der Waals surface area contributed by atoms with E-state index in [9.17, 15) is 9.59 Å². The quantitative estimate of drug-likeness (QED) is 0.352. The van der Waals surface area contributed by atoms with E-state index < -0.39 is 0 Å². The third kappa shape index (κ3) is 5.10. The molecule has 0 unspecified atom stereocenters. The zero-order valence-corrected chi connectivity index (χ0v) is 20.4. The van der Waals surface area contributed by atoms with Crippen molar-refractivity contribution < 1.29 is 23.8 Å². The fourth-order valence-corrected chi connectivity index (χ4v) is 5.22. The van der Waals surface area contributed by atoms with E-state index in [0.29, 0.717) is 61.8 Å². The number of methoxy groups -OCH3 is 1. The lowest BCUT2D eigenvalue weighted by molar-refractivity contribution is -0.126. The maximum atomic E-state index is 13.6. The third-order valence-electron chi connectivity index (χ3n) is 6.42. The van der Waals surface area contributed by atoms with Gasteiger partial charge in [-0.15, -0.1) is 11.3 Å². The molecular weight excluding hydrogens is 462 g/mol. The zero-order chi connectivity index (χ0) is 24.2. The predicted molar refractivity (Wildman–Crippen MR) is 136 cm³/mol. The number of hydrogen-bond acceptors (Lipinski definition) is 6. The molecule has 0 N–H and O–H groups in total. The molecule has 1 amide bonds. The van der Waals surface area contributed by atoms with Crippen molar-refractivity contribution in [3.05, 3.63) is 76.0 Å². The second-order valence-corrected chi connectivity index (χ2v) is 9.55. The van der Waals surface area contributed by atoms with Crippen molar-refractivity contribution in [1.82, 2.24) is 4.90 Å². The first kappa shape index (κ1) is 23.2. The first-order chi connectivity index (χ1) is 17.1. The van der Waals surface area contributed by atoms with Gasteiger partial charge in [0.25, 0.3) is 5.91 Å². The number of nitrogens with zero attached hydrogens (tertiary/aromatic N) is 1. The van der Waals surface area contributed by atoms with Crippen molar-refractivity contribution in [3.8, 4) is 17.2 Å². The molecule has 5 rings (SSSR count). The van der Waals surface area contributed by atoms with E-state index in [1.54, 1.807) is 36.6 Å². The number of ketones is 1. The highest BCUT2D eigenvalue weighted by atomic mass is 32.1. The zero-order valence-electron chi connectivity index (χ0n) is 19.6. The van der Waals surface area contributed by atoms with Gasteiger partial charge in [0.15, 0.2) is 17.3 Å². The van der Waals surface area contributed by atoms with Crippen LogP contribution < -0.4 is 14.2 Å². The van der Waals surface area contributed by atoms with Gasteiger partial charge in [-0.2, -0.15) is 0 Å². The van der Waals surface area contributed by atoms with Crippen molar-refractivity contribution in [3.63, 3.8) is 0 Å². The number of benzene rings is 2. The first-order valence-corrected chi connectivity index (χ1v) is 12.6. The molecule has 7 heteroatoms. The van der Waals surface area contributed by atoms with Gasteiger partial charge >= 0.3 is 0 Å². The fraction of sp³-hybridized carbons (Fsp3) is 0.286. The number of carbonyl (C=O) groups is 2. The molecule has 2 aliphatic rings. The van der Waals surface area contributed by atoms with E-state index in [0.717, 1.165) is 16.2 Å². The van der Waals surface area contributed by atoms with Crippen molar-refractivity contribution >= 4 is 34.7 Å². The van der Waals surface area contributed by atoms with E-state index in [4.69, 9.17) is 14.2 Å². The molecule has 1 fully saturated rings. The molecule has 180 valence electrons. The largest absolute Gasteiger partial charge is 0.497 e. The number of carbonyl (C=O) groups excluding carboxylic acids is 2. The van der Waals surface area contributed by atoms with Gasteiger partial charge in [0, 0.05) is 29.4 Å². The smallest absolute Gasteiger partial charge is 0.255 e. The molecule has 0 spiro atoms. The number of hydrogen-bond donors (Lipinski definition) is 0. The molecule has 1 aromatic heterocycles. The highest BCUT2D eigenvalue weighted by molar-refractivity contribution is 7.11. The molecule has 0 aliphatic carbocycles. The number of piperidine rings is 1. The van der Waals surface area contributed by atoms with Crippen molar-refractivity contribution in [2.45, 2.75) is 12.8 Å². The van der Waals surface area contributed by atoms with Gasteiger partial charge in [-0.05, 0) is 66.3 Å². The standard InChI is InChI=1S/C28H27NO5S/c1-32-22-7-4-19(5-8-22)17-23(26-3-2-16-35-26)28(31)29-12-10-20(11-13-29)27(30)21-6-9-24-25(18-21)34-15-14-33-24/h2-9,16-18,20H,10-15H2,1H3/b23-17+. The summed E-state index contributed by atoms with van der Waals surface area (Å²) in [5, 5.41) is 1.97. The summed E-state index contributed by atoms with van der Waals surface area (Å²) in [6.45, 7) is 2.10. The van der Waals surface area contributed by atoms with Crippen LogP contribution >= 0.6 is 11.3 Å². The molecule has 2 aliphatic heterocycles. The van der Waals surface area contributed by atoms with E-state index in [1.165, 1.54) is 0 Å². The summed E-state index contributed by atoms with van der Waals surface area (Å²) in [4.78, 5) is 29.5. The van der Waals surface area contributed by atoms with Crippen LogP contribution in [-0.4, -0.2) is 50.0 Å². The number of amides is 1. The highest BCUT2D eigenvalue weighted by Crippen LogP contribution is 2.33. The Kier molecular flexibility index (Phi) is 6.86. The van der Waals surface area contributed by atoms with E-state index in [2.05, 4.69) is 0 Å². The van der Waals surface area contributed by atoms with Crippen LogP contribution in [0.25, 0.3) is 11.6 Å². The van der Waals surface area contributed by atoms with Crippen LogP contribution in [0.3, 0.4) is 0 Å². The van der Waals surface area contributed by atoms with Crippen LogP contribution in [0.4, 0.5) is 0 Å². The van der Waals surface area contributed by atoms with E-state index in [-0.39, 0.29) is 17.6 Å². The summed E-state index contributed by atoms with van der Waals surface area (Å²) in [5.74, 6) is 2.06. The monoisotopic (exact) mass is 489 g/mol. The molecule has 0 radical (unpaired) electrons. The SMILES string of the molecule is COc1ccc(/C=C(/C(=O)N2CCC(C(=O)c3ccc4c(c3)OCCO4)CC2)c2cccs2)cc1. The predicted octanol–water partition coefficient (Wildman–Crippen LogP) is 5.19. The van der Waals surface area contributed by atoms with Crippen LogP contribution in [0.15, 0.2) is 60.0 Å². The van der Waals surface area contributed by atoms with Gasteiger partial charge < -0.3 is 19.1 Å². The van der Waals surface area contributed by atoms with Gasteiger partial charge in [-0.1, -0.05) is 18.2 Å². The maximum Gasteiger partial charge on any atom is 0.255 e. The lowest BCUT2D eigenvalue weighted by atomic mass is 9.88. The number of Topliss-reactive ketones (excluding diaryl/α,β-unsaturated/α-hetero) is 1. The molecule has 3 heterocycles. The van der Waals surface area contributed by atoms with Crippen LogP contribution in [0.1, 0.15) is 33.6 Å². The average molecular weight is 490 g/mol. The Morgan fingerprint density at radius 3 is 2.43 bits per heavy atom. The number of ether oxygens (including phenoxy) is 3. The second kappa shape index (κ2) is 10.4. The number of likely N-dealkylation sites (tertiary alicyclic amines) is 1. The van der Waals surface area contributed by atoms with Gasteiger partial charge in [0.1, 0.15) is 19.0 Å². The minimum Gasteiger partial charge on any atom is -0.497 e. The molecule has 0 atom stereocenters. The topological polar surface area (TPSA) is 65.1 Å². The average Bonchev–Trinajstić information content (AvgIpc) is 3.46. The maximum absolute atomic E-state index is 13.6. The van der Waals surface area contributed by atoms with Crippen LogP contribution in [0.5, 0.6) is 17.2 Å². The minimum atomic E-state index is -0.114. The number of rotatable bonds is 6. The number of fused-ring (bicyclic) bond motifs is 1. The lowest BCUT2D eigenvalue weighted by Gasteiger charge is -2.32. The van der Waals surface area contributed by atoms with Gasteiger partial charge in [-0.25, -0.2) is 0 Å². The van der Waals surface area contributed by atoms with Gasteiger partial charge in [-0.3, -0.25) is 9.59 Å². The van der Waals surface area contributed by atoms with E-state index in [1.807, 2.05) is 52.8 Å². The summed E-state index contributed by atoms with van der Waals surface area (Å²) < 4.78 is 16.4. The normalized spacial score (nSPS) is 16.1. The lowest BCUT2D eigenvalue weighted by Crippen LogP contribution is -2.40. The van der Waals surface area contributed by atoms with Crippen LogP contribution in [-0.2, 0) is 4.79 Å². The Morgan fingerprint density at radius 2 is 1.74 bits per heavy atom. The fourth-order valence-electron chi connectivity index (χ4n) is 4.48. The highest BCUT2D eigenvalue weighted by Gasteiger charge is 2.30. The molecule has 3 aromatic rings. The first-order valence-electron chi connectivity index (χ1n) is 11.7. The van der Waals surface area contributed by atoms with Crippen molar-refractivity contribution in [2.75, 3.05) is 33.4 Å². The molecule has 1 saturated heterocycles. The van der Waals surface area contributed by atoms with Gasteiger partial charge in [0.05, 0.1) is 12.7 Å². The minimum absolute atomic E-state index is 0.00602. The second-order valence-electron chi connectivity index (χ2n) is 8.60. The number of thiophene rings is 1. The summed E-state index contributed by atoms with van der Waals surface area (Å²) >= 11 is 1.55. The summed E-state index contributed by atoms with van der Waals surface area (Å²) in [6, 6.07) is 17.0. The van der Waals surface area contributed by atoms with E-state index >= 15 is 0 Å². The third-order valence-corrected chi connectivity index (χ3v) is 7.33. The Morgan fingerprint density at radius 1 is 1.00 bits per heavy atom. The van der Waals surface area contributed by atoms with Gasteiger partial charge in [0.2, 0.25) is 0 Å². The summed E-state index contributed by atoms with van der Waals surface area (Å²) in [6.07, 6.45) is 3.21. The Balaban J connectivity index is 1.28. The Bertz CT molecular complexity index is 1220. The molecule has 0 saturated carbocycles. The van der Waals surface area contributed by atoms with Crippen molar-refractivity contribution in [2.24, 2.45) is 5.92 Å². The van der Waals surface area contributed by atoms with Crippen LogP contribution in [0, 0.1) is 5.92 Å². The van der Waals surface area contributed by atoms with Crippen molar-refractivity contribution in [1.29, 1.82) is 0 Å². The van der Waals surface area contributed by atoms with Crippen LogP contribution in [0.2, 0.25) is 0 Å². The molecule has 0 bridgehead atoms. The molecule has 6 nitrogen and oxygen atoms in total. The summed E-state index contributed by atoms with van der Waals surface area (Å²) in [7, 11) is 1.63. The molecular formula is C28H27NO5S.